The first kappa shape index (κ1) is 19.8. The molecule has 5 rings (SSSR count). The number of aromatic nitrogens is 2. The molecule has 0 atom stereocenters. The topological polar surface area (TPSA) is 58.4 Å². The number of thiophene rings is 1. The van der Waals surface area contributed by atoms with Crippen molar-refractivity contribution < 1.29 is 4.79 Å². The number of hydrogen-bond donors (Lipinski definition) is 0. The van der Waals surface area contributed by atoms with Crippen LogP contribution >= 0.6 is 22.9 Å². The average molecular weight is 451 g/mol. The second kappa shape index (κ2) is 8.17. The smallest absolute Gasteiger partial charge is 0.292 e. The van der Waals surface area contributed by atoms with Gasteiger partial charge in [-0.3, -0.25) is 9.59 Å². The van der Waals surface area contributed by atoms with Gasteiger partial charge in [-0.1, -0.05) is 48.0 Å². The van der Waals surface area contributed by atoms with Crippen LogP contribution in [0.15, 0.2) is 71.7 Å². The molecule has 2 aromatic carbocycles. The highest BCUT2D eigenvalue weighted by Crippen LogP contribution is 2.28. The normalized spacial score (nSPS) is 14.2. The van der Waals surface area contributed by atoms with Crippen LogP contribution in [0.25, 0.3) is 15.8 Å². The molecular formula is C23H19ClN4O2S. The van der Waals surface area contributed by atoms with Gasteiger partial charge in [-0.15, -0.1) is 11.3 Å². The molecule has 1 amide bonds. The Balaban J connectivity index is 1.32. The number of amides is 1. The third kappa shape index (κ3) is 3.71. The molecule has 3 heterocycles. The summed E-state index contributed by atoms with van der Waals surface area (Å²) in [5, 5.41) is 5.54. The van der Waals surface area contributed by atoms with Crippen LogP contribution in [-0.4, -0.2) is 46.8 Å². The van der Waals surface area contributed by atoms with Gasteiger partial charge < -0.3 is 9.80 Å². The number of anilines is 1. The van der Waals surface area contributed by atoms with Crippen LogP contribution in [0.4, 0.5) is 5.69 Å². The molecule has 0 bridgehead atoms. The lowest BCUT2D eigenvalue weighted by molar-refractivity contribution is 0.0751. The Morgan fingerprint density at radius 3 is 2.42 bits per heavy atom. The van der Waals surface area contributed by atoms with E-state index in [1.165, 1.54) is 16.0 Å². The number of fused-ring (bicyclic) bond motifs is 1. The Morgan fingerprint density at radius 1 is 0.968 bits per heavy atom. The van der Waals surface area contributed by atoms with Crippen molar-refractivity contribution in [1.29, 1.82) is 0 Å². The maximum atomic E-state index is 13.0. The van der Waals surface area contributed by atoms with E-state index in [2.05, 4.69) is 5.10 Å². The Kier molecular flexibility index (Phi) is 5.21. The van der Waals surface area contributed by atoms with Crippen molar-refractivity contribution in [2.24, 2.45) is 0 Å². The molecule has 31 heavy (non-hydrogen) atoms. The Hall–Kier alpha value is -3.16. The molecule has 8 heteroatoms. The van der Waals surface area contributed by atoms with Gasteiger partial charge in [0.2, 0.25) is 0 Å². The summed E-state index contributed by atoms with van der Waals surface area (Å²) in [5.74, 6) is 0.0459. The van der Waals surface area contributed by atoms with E-state index in [1.54, 1.807) is 6.20 Å². The van der Waals surface area contributed by atoms with Gasteiger partial charge in [-0.05, 0) is 29.7 Å². The zero-order valence-electron chi connectivity index (χ0n) is 16.6. The van der Waals surface area contributed by atoms with Gasteiger partial charge in [0, 0.05) is 30.9 Å². The Morgan fingerprint density at radius 2 is 1.68 bits per heavy atom. The molecule has 1 fully saturated rings. The van der Waals surface area contributed by atoms with Gasteiger partial charge in [-0.25, -0.2) is 0 Å². The molecule has 0 N–H and O–H groups in total. The molecule has 6 nitrogen and oxygen atoms in total. The molecule has 1 aliphatic rings. The quantitative estimate of drug-likeness (QED) is 0.472. The molecule has 0 spiro atoms. The first-order valence-corrected chi connectivity index (χ1v) is 11.2. The van der Waals surface area contributed by atoms with Gasteiger partial charge in [0.15, 0.2) is 0 Å². The van der Waals surface area contributed by atoms with Crippen molar-refractivity contribution in [2.75, 3.05) is 31.1 Å². The van der Waals surface area contributed by atoms with Crippen LogP contribution in [0.1, 0.15) is 9.67 Å². The number of piperazine rings is 1. The highest BCUT2D eigenvalue weighted by atomic mass is 35.5. The first-order chi connectivity index (χ1) is 15.1. The summed E-state index contributed by atoms with van der Waals surface area (Å²) >= 11 is 7.95. The fourth-order valence-electron chi connectivity index (χ4n) is 3.79. The van der Waals surface area contributed by atoms with Gasteiger partial charge in [0.25, 0.3) is 11.5 Å². The maximum absolute atomic E-state index is 13.0. The van der Waals surface area contributed by atoms with Crippen molar-refractivity contribution in [3.63, 3.8) is 0 Å². The fourth-order valence-corrected chi connectivity index (χ4v) is 5.07. The Bertz CT molecular complexity index is 1280. The standard InChI is InChI=1S/C23H19ClN4O2S/c24-21-18(15-25-28(23(21)30)17-7-2-1-3-8-17)26-10-12-27(13-11-26)22(29)20-14-16-6-4-5-9-19(16)31-20/h1-9,14-15H,10-13H2. The van der Waals surface area contributed by atoms with Crippen LogP contribution < -0.4 is 10.5 Å². The molecule has 156 valence electrons. The van der Waals surface area contributed by atoms with Crippen molar-refractivity contribution in [2.45, 2.75) is 0 Å². The highest BCUT2D eigenvalue weighted by molar-refractivity contribution is 7.20. The highest BCUT2D eigenvalue weighted by Gasteiger charge is 2.25. The largest absolute Gasteiger partial charge is 0.365 e. The van der Waals surface area contributed by atoms with Gasteiger partial charge in [0.05, 0.1) is 22.4 Å². The zero-order chi connectivity index (χ0) is 21.4. The second-order valence-corrected chi connectivity index (χ2v) is 8.79. The number of benzene rings is 2. The first-order valence-electron chi connectivity index (χ1n) is 9.98. The van der Waals surface area contributed by atoms with Gasteiger partial charge in [-0.2, -0.15) is 9.78 Å². The average Bonchev–Trinajstić information content (AvgIpc) is 3.25. The predicted molar refractivity (Wildman–Crippen MR) is 125 cm³/mol. The number of rotatable bonds is 3. The van der Waals surface area contributed by atoms with Crippen LogP contribution in [0.5, 0.6) is 0 Å². The monoisotopic (exact) mass is 450 g/mol. The molecule has 0 unspecified atom stereocenters. The van der Waals surface area contributed by atoms with E-state index in [9.17, 15) is 9.59 Å². The van der Waals surface area contributed by atoms with Crippen molar-refractivity contribution in [1.82, 2.24) is 14.7 Å². The van der Waals surface area contributed by atoms with Gasteiger partial charge >= 0.3 is 0 Å². The number of halogens is 1. The minimum absolute atomic E-state index is 0.0459. The van der Waals surface area contributed by atoms with Crippen molar-refractivity contribution in [3.05, 3.63) is 87.1 Å². The summed E-state index contributed by atoms with van der Waals surface area (Å²) in [7, 11) is 0. The van der Waals surface area contributed by atoms with Gasteiger partial charge in [0.1, 0.15) is 5.02 Å². The van der Waals surface area contributed by atoms with E-state index in [0.717, 1.165) is 15.0 Å². The van der Waals surface area contributed by atoms with Crippen molar-refractivity contribution >= 4 is 44.6 Å². The molecule has 0 aliphatic carbocycles. The molecule has 1 aliphatic heterocycles. The third-order valence-corrected chi connectivity index (χ3v) is 6.90. The third-order valence-electron chi connectivity index (χ3n) is 5.45. The number of carbonyl (C=O) groups is 1. The van der Waals surface area contributed by atoms with Crippen LogP contribution in [-0.2, 0) is 0 Å². The van der Waals surface area contributed by atoms with E-state index in [-0.39, 0.29) is 16.5 Å². The summed E-state index contributed by atoms with van der Waals surface area (Å²) in [4.78, 5) is 30.3. The summed E-state index contributed by atoms with van der Waals surface area (Å²) in [6, 6.07) is 19.2. The number of para-hydroxylation sites is 1. The lowest BCUT2D eigenvalue weighted by atomic mass is 10.2. The molecule has 0 radical (unpaired) electrons. The SMILES string of the molecule is O=C(c1cc2ccccc2s1)N1CCN(c2cnn(-c3ccccc3)c(=O)c2Cl)CC1. The van der Waals surface area contributed by atoms with Crippen LogP contribution in [0, 0.1) is 0 Å². The molecule has 2 aromatic heterocycles. The minimum atomic E-state index is -0.353. The maximum Gasteiger partial charge on any atom is 0.292 e. The lowest BCUT2D eigenvalue weighted by Crippen LogP contribution is -2.49. The summed E-state index contributed by atoms with van der Waals surface area (Å²) < 4.78 is 2.41. The molecule has 0 saturated carbocycles. The number of hydrogen-bond acceptors (Lipinski definition) is 5. The summed E-state index contributed by atoms with van der Waals surface area (Å²) in [6.45, 7) is 2.30. The fraction of sp³-hybridized carbons (Fsp3) is 0.174. The zero-order valence-corrected chi connectivity index (χ0v) is 18.1. The van der Waals surface area contributed by atoms with E-state index < -0.39 is 0 Å². The molecule has 4 aromatic rings. The van der Waals surface area contributed by atoms with Crippen molar-refractivity contribution in [3.8, 4) is 5.69 Å². The predicted octanol–water partition coefficient (Wildman–Crippen LogP) is 4.06. The lowest BCUT2D eigenvalue weighted by Gasteiger charge is -2.36. The van der Waals surface area contributed by atoms with E-state index in [1.807, 2.05) is 70.5 Å². The van der Waals surface area contributed by atoms with E-state index >= 15 is 0 Å². The molecule has 1 saturated heterocycles. The van der Waals surface area contributed by atoms with Crippen LogP contribution in [0.2, 0.25) is 5.02 Å². The summed E-state index contributed by atoms with van der Waals surface area (Å²) in [6.07, 6.45) is 1.63. The van der Waals surface area contributed by atoms with Crippen LogP contribution in [0.3, 0.4) is 0 Å². The van der Waals surface area contributed by atoms with E-state index in [4.69, 9.17) is 11.6 Å². The minimum Gasteiger partial charge on any atom is -0.365 e. The summed E-state index contributed by atoms with van der Waals surface area (Å²) in [5.41, 5.74) is 0.918. The molecular weight excluding hydrogens is 432 g/mol. The Labute approximate surface area is 187 Å². The second-order valence-electron chi connectivity index (χ2n) is 7.32. The number of nitrogens with zero attached hydrogens (tertiary/aromatic N) is 4. The number of carbonyl (C=O) groups excluding carboxylic acids is 1. The van der Waals surface area contributed by atoms with E-state index in [0.29, 0.717) is 37.6 Å².